The predicted molar refractivity (Wildman–Crippen MR) is 83.3 cm³/mol. The average molecular weight is 307 g/mol. The topological polar surface area (TPSA) is 59.0 Å². The van der Waals surface area contributed by atoms with Gasteiger partial charge in [0.2, 0.25) is 0 Å². The molecular formula is C17H25NO4. The highest BCUT2D eigenvalue weighted by Crippen LogP contribution is 2.35. The summed E-state index contributed by atoms with van der Waals surface area (Å²) in [6.45, 7) is 9.32. The quantitative estimate of drug-likeness (QED) is 0.912. The van der Waals surface area contributed by atoms with Gasteiger partial charge in [0.25, 0.3) is 0 Å². The number of hydrogen-bond acceptors (Lipinski definition) is 4. The van der Waals surface area contributed by atoms with Crippen molar-refractivity contribution in [3.63, 3.8) is 0 Å². The zero-order valence-electron chi connectivity index (χ0n) is 13.9. The Labute approximate surface area is 131 Å². The third-order valence-electron chi connectivity index (χ3n) is 3.61. The van der Waals surface area contributed by atoms with E-state index in [2.05, 4.69) is 0 Å². The van der Waals surface area contributed by atoms with Crippen LogP contribution in [-0.2, 0) is 9.47 Å². The van der Waals surface area contributed by atoms with Crippen molar-refractivity contribution in [2.75, 3.05) is 6.61 Å². The Morgan fingerprint density at radius 3 is 2.50 bits per heavy atom. The molecule has 1 fully saturated rings. The number of rotatable bonds is 2. The first-order valence-corrected chi connectivity index (χ1v) is 7.51. The van der Waals surface area contributed by atoms with E-state index in [1.807, 2.05) is 51.1 Å². The molecule has 0 radical (unpaired) electrons. The molecule has 1 N–H and O–H groups in total. The highest BCUT2D eigenvalue weighted by Gasteiger charge is 2.48. The van der Waals surface area contributed by atoms with E-state index in [4.69, 9.17) is 9.47 Å². The first kappa shape index (κ1) is 16.8. The van der Waals surface area contributed by atoms with E-state index < -0.39 is 29.6 Å². The molecule has 0 spiro atoms. The van der Waals surface area contributed by atoms with Gasteiger partial charge in [-0.05, 0) is 40.2 Å². The second-order valence-electron chi connectivity index (χ2n) is 7.03. The maximum atomic E-state index is 12.5. The Bertz CT molecular complexity index is 521. The molecule has 5 heteroatoms. The maximum absolute atomic E-state index is 12.5. The average Bonchev–Trinajstić information content (AvgIpc) is 2.72. The Hall–Kier alpha value is -1.59. The smallest absolute Gasteiger partial charge is 0.413 e. The summed E-state index contributed by atoms with van der Waals surface area (Å²) >= 11 is 0. The van der Waals surface area contributed by atoms with Crippen molar-refractivity contribution in [2.24, 2.45) is 0 Å². The van der Waals surface area contributed by atoms with Gasteiger partial charge in [0.1, 0.15) is 17.4 Å². The highest BCUT2D eigenvalue weighted by molar-refractivity contribution is 5.70. The molecule has 5 nitrogen and oxygen atoms in total. The number of ether oxygens (including phenoxy) is 2. The van der Waals surface area contributed by atoms with Gasteiger partial charge in [0.15, 0.2) is 0 Å². The standard InChI is InChI=1S/C17H25NO4/c1-16(2,3)22-15(20)18-13(11-21-17(18,4)5)14(19)12-9-7-6-8-10-12/h6-10,13-14,19H,11H2,1-5H3/t13-,14-/m1/s1. The Kier molecular flexibility index (Phi) is 4.49. The molecule has 0 aliphatic carbocycles. The molecule has 2 rings (SSSR count). The molecule has 1 saturated heterocycles. The Balaban J connectivity index is 2.25. The van der Waals surface area contributed by atoms with Crippen LogP contribution in [0.15, 0.2) is 30.3 Å². The second-order valence-corrected chi connectivity index (χ2v) is 7.03. The summed E-state index contributed by atoms with van der Waals surface area (Å²) in [5, 5.41) is 10.6. The molecule has 0 saturated carbocycles. The molecule has 0 aromatic heterocycles. The van der Waals surface area contributed by atoms with Crippen molar-refractivity contribution in [1.82, 2.24) is 4.90 Å². The number of hydrogen-bond donors (Lipinski definition) is 1. The van der Waals surface area contributed by atoms with E-state index >= 15 is 0 Å². The van der Waals surface area contributed by atoms with Crippen molar-refractivity contribution in [2.45, 2.75) is 58.1 Å². The van der Waals surface area contributed by atoms with E-state index in [1.54, 1.807) is 13.8 Å². The van der Waals surface area contributed by atoms with E-state index in [0.717, 1.165) is 5.56 Å². The number of benzene rings is 1. The highest BCUT2D eigenvalue weighted by atomic mass is 16.6. The van der Waals surface area contributed by atoms with Gasteiger partial charge in [-0.15, -0.1) is 0 Å². The van der Waals surface area contributed by atoms with Gasteiger partial charge in [-0.3, -0.25) is 4.90 Å². The van der Waals surface area contributed by atoms with Crippen LogP contribution >= 0.6 is 0 Å². The third kappa shape index (κ3) is 3.59. The van der Waals surface area contributed by atoms with Crippen LogP contribution in [-0.4, -0.2) is 40.1 Å². The van der Waals surface area contributed by atoms with Gasteiger partial charge < -0.3 is 14.6 Å². The lowest BCUT2D eigenvalue weighted by molar-refractivity contribution is -0.0679. The molecule has 1 aromatic carbocycles. The number of carbonyl (C=O) groups excluding carboxylic acids is 1. The first-order valence-electron chi connectivity index (χ1n) is 7.51. The fraction of sp³-hybridized carbons (Fsp3) is 0.588. The SMILES string of the molecule is CC(C)(C)OC(=O)N1[C@@H]([C@H](O)c2ccccc2)COC1(C)C. The maximum Gasteiger partial charge on any atom is 0.413 e. The summed E-state index contributed by atoms with van der Waals surface area (Å²) in [6.07, 6.45) is -1.30. The van der Waals surface area contributed by atoms with Crippen LogP contribution in [0.5, 0.6) is 0 Å². The van der Waals surface area contributed by atoms with Gasteiger partial charge in [-0.1, -0.05) is 30.3 Å². The van der Waals surface area contributed by atoms with E-state index in [1.165, 1.54) is 4.90 Å². The molecule has 1 amide bonds. The van der Waals surface area contributed by atoms with Crippen molar-refractivity contribution < 1.29 is 19.4 Å². The Morgan fingerprint density at radius 2 is 1.95 bits per heavy atom. The zero-order valence-corrected chi connectivity index (χ0v) is 13.9. The van der Waals surface area contributed by atoms with Crippen molar-refractivity contribution >= 4 is 6.09 Å². The molecule has 0 bridgehead atoms. The lowest BCUT2D eigenvalue weighted by Crippen LogP contribution is -2.51. The summed E-state index contributed by atoms with van der Waals surface area (Å²) in [5.74, 6) is 0. The number of nitrogens with zero attached hydrogens (tertiary/aromatic N) is 1. The normalized spacial score (nSPS) is 22.5. The lowest BCUT2D eigenvalue weighted by atomic mass is 10.0. The minimum atomic E-state index is -0.824. The first-order chi connectivity index (χ1) is 10.1. The largest absolute Gasteiger partial charge is 0.444 e. The van der Waals surface area contributed by atoms with Crippen molar-refractivity contribution in [3.05, 3.63) is 35.9 Å². The van der Waals surface area contributed by atoms with Crippen LogP contribution in [0.25, 0.3) is 0 Å². The monoisotopic (exact) mass is 307 g/mol. The van der Waals surface area contributed by atoms with Gasteiger partial charge in [0, 0.05) is 0 Å². The molecule has 0 unspecified atom stereocenters. The fourth-order valence-corrected chi connectivity index (χ4v) is 2.60. The van der Waals surface area contributed by atoms with Gasteiger partial charge >= 0.3 is 6.09 Å². The summed E-state index contributed by atoms with van der Waals surface area (Å²) in [4.78, 5) is 14.0. The van der Waals surface area contributed by atoms with E-state index in [-0.39, 0.29) is 6.61 Å². The minimum absolute atomic E-state index is 0.266. The van der Waals surface area contributed by atoms with E-state index in [0.29, 0.717) is 0 Å². The van der Waals surface area contributed by atoms with Gasteiger partial charge in [0.05, 0.1) is 12.6 Å². The molecule has 2 atom stereocenters. The van der Waals surface area contributed by atoms with Gasteiger partial charge in [-0.25, -0.2) is 4.79 Å². The van der Waals surface area contributed by atoms with Crippen molar-refractivity contribution in [1.29, 1.82) is 0 Å². The zero-order chi connectivity index (χ0) is 16.5. The van der Waals surface area contributed by atoms with Crippen LogP contribution < -0.4 is 0 Å². The molecule has 1 aromatic rings. The van der Waals surface area contributed by atoms with Crippen LogP contribution in [0, 0.1) is 0 Å². The van der Waals surface area contributed by atoms with Crippen LogP contribution in [0.1, 0.15) is 46.3 Å². The van der Waals surface area contributed by atoms with Crippen LogP contribution in [0.2, 0.25) is 0 Å². The lowest BCUT2D eigenvalue weighted by Gasteiger charge is -2.36. The molecule has 1 heterocycles. The third-order valence-corrected chi connectivity index (χ3v) is 3.61. The minimum Gasteiger partial charge on any atom is -0.444 e. The Morgan fingerprint density at radius 1 is 1.36 bits per heavy atom. The number of carbonyl (C=O) groups is 1. The molecular weight excluding hydrogens is 282 g/mol. The molecule has 1 aliphatic heterocycles. The second kappa shape index (κ2) is 5.89. The summed E-state index contributed by atoms with van der Waals surface area (Å²) in [5.41, 5.74) is -0.664. The molecule has 122 valence electrons. The molecule has 1 aliphatic rings. The fourth-order valence-electron chi connectivity index (χ4n) is 2.60. The van der Waals surface area contributed by atoms with Crippen LogP contribution in [0.4, 0.5) is 4.79 Å². The molecule has 22 heavy (non-hydrogen) atoms. The predicted octanol–water partition coefficient (Wildman–Crippen LogP) is 3.09. The van der Waals surface area contributed by atoms with Crippen LogP contribution in [0.3, 0.4) is 0 Å². The number of aliphatic hydroxyl groups excluding tert-OH is 1. The number of aliphatic hydroxyl groups is 1. The van der Waals surface area contributed by atoms with Gasteiger partial charge in [-0.2, -0.15) is 0 Å². The summed E-state index contributed by atoms with van der Waals surface area (Å²) in [6, 6.07) is 8.80. The van der Waals surface area contributed by atoms with Crippen molar-refractivity contribution in [3.8, 4) is 0 Å². The summed E-state index contributed by atoms with van der Waals surface area (Å²) in [7, 11) is 0. The number of amides is 1. The van der Waals surface area contributed by atoms with E-state index in [9.17, 15) is 9.90 Å². The summed E-state index contributed by atoms with van der Waals surface area (Å²) < 4.78 is 11.2.